The standard InChI is InChI=1S/C16H20O4/c1-4-9-16(2)14(20-15(16)18)10-13(17)11-5-7-12(19-3)8-6-11/h4-8,13-14,17H,1,9-10H2,2-3H3/t13-,14-,16+/m1/s1. The molecule has 0 spiro atoms. The lowest BCUT2D eigenvalue weighted by Gasteiger charge is -2.44. The number of ether oxygens (including phenoxy) is 2. The molecule has 1 heterocycles. The van der Waals surface area contributed by atoms with E-state index in [0.717, 1.165) is 11.3 Å². The molecule has 4 heteroatoms. The van der Waals surface area contributed by atoms with Crippen molar-refractivity contribution in [2.24, 2.45) is 5.41 Å². The van der Waals surface area contributed by atoms with E-state index in [1.54, 1.807) is 25.3 Å². The summed E-state index contributed by atoms with van der Waals surface area (Å²) in [6, 6.07) is 7.23. The van der Waals surface area contributed by atoms with Crippen LogP contribution in [-0.2, 0) is 9.53 Å². The summed E-state index contributed by atoms with van der Waals surface area (Å²) < 4.78 is 10.3. The second-order valence-corrected chi connectivity index (χ2v) is 5.33. The topological polar surface area (TPSA) is 55.8 Å². The van der Waals surface area contributed by atoms with Crippen molar-refractivity contribution in [3.05, 3.63) is 42.5 Å². The summed E-state index contributed by atoms with van der Waals surface area (Å²) in [6.45, 7) is 5.52. The lowest BCUT2D eigenvalue weighted by molar-refractivity contribution is -0.207. The van der Waals surface area contributed by atoms with Crippen molar-refractivity contribution in [2.45, 2.75) is 32.0 Å². The minimum absolute atomic E-state index is 0.218. The maximum Gasteiger partial charge on any atom is 0.316 e. The second kappa shape index (κ2) is 5.67. The van der Waals surface area contributed by atoms with E-state index in [0.29, 0.717) is 12.8 Å². The van der Waals surface area contributed by atoms with Gasteiger partial charge in [-0.3, -0.25) is 4.79 Å². The third kappa shape index (κ3) is 2.56. The lowest BCUT2D eigenvalue weighted by atomic mass is 9.74. The van der Waals surface area contributed by atoms with E-state index in [4.69, 9.17) is 9.47 Å². The van der Waals surface area contributed by atoms with Crippen LogP contribution in [0.2, 0.25) is 0 Å². The van der Waals surface area contributed by atoms with Gasteiger partial charge in [-0.2, -0.15) is 0 Å². The van der Waals surface area contributed by atoms with Gasteiger partial charge in [-0.05, 0) is 31.0 Å². The van der Waals surface area contributed by atoms with Crippen LogP contribution >= 0.6 is 0 Å². The molecule has 0 unspecified atom stereocenters. The molecule has 0 aromatic heterocycles. The zero-order valence-corrected chi connectivity index (χ0v) is 11.8. The number of carbonyl (C=O) groups is 1. The lowest BCUT2D eigenvalue weighted by Crippen LogP contribution is -2.54. The zero-order chi connectivity index (χ0) is 14.8. The molecule has 108 valence electrons. The quantitative estimate of drug-likeness (QED) is 0.641. The van der Waals surface area contributed by atoms with Crippen LogP contribution in [0.1, 0.15) is 31.4 Å². The van der Waals surface area contributed by atoms with E-state index in [-0.39, 0.29) is 12.1 Å². The van der Waals surface area contributed by atoms with Gasteiger partial charge in [0.25, 0.3) is 0 Å². The summed E-state index contributed by atoms with van der Waals surface area (Å²) >= 11 is 0. The number of aliphatic hydroxyl groups is 1. The molecule has 3 atom stereocenters. The molecule has 0 bridgehead atoms. The van der Waals surface area contributed by atoms with E-state index in [9.17, 15) is 9.90 Å². The number of methoxy groups -OCH3 is 1. The molecule has 2 rings (SSSR count). The van der Waals surface area contributed by atoms with Crippen LogP contribution in [-0.4, -0.2) is 24.3 Å². The van der Waals surface area contributed by atoms with Gasteiger partial charge in [0, 0.05) is 6.42 Å². The summed E-state index contributed by atoms with van der Waals surface area (Å²) in [5.41, 5.74) is 0.226. The molecule has 0 aliphatic carbocycles. The molecule has 1 fully saturated rings. The van der Waals surface area contributed by atoms with Crippen molar-refractivity contribution in [3.8, 4) is 5.75 Å². The van der Waals surface area contributed by atoms with E-state index in [2.05, 4.69) is 6.58 Å². The van der Waals surface area contributed by atoms with Crippen molar-refractivity contribution in [3.63, 3.8) is 0 Å². The first-order valence-corrected chi connectivity index (χ1v) is 6.65. The molecule has 0 saturated carbocycles. The Hall–Kier alpha value is -1.81. The van der Waals surface area contributed by atoms with Gasteiger partial charge in [-0.25, -0.2) is 0 Å². The first-order valence-electron chi connectivity index (χ1n) is 6.65. The molecule has 1 aliphatic rings. The Labute approximate surface area is 119 Å². The van der Waals surface area contributed by atoms with E-state index < -0.39 is 11.5 Å². The molecular weight excluding hydrogens is 256 g/mol. The SMILES string of the molecule is C=CC[C@]1(C)C(=O)O[C@@H]1C[C@@H](O)c1ccc(OC)cc1. The molecule has 1 saturated heterocycles. The van der Waals surface area contributed by atoms with E-state index in [1.165, 1.54) is 0 Å². The predicted octanol–water partition coefficient (Wildman–Crippen LogP) is 2.63. The number of hydrogen-bond donors (Lipinski definition) is 1. The highest BCUT2D eigenvalue weighted by Crippen LogP contribution is 2.43. The first-order chi connectivity index (χ1) is 9.51. The van der Waals surface area contributed by atoms with Crippen LogP contribution in [0.3, 0.4) is 0 Å². The molecule has 1 aliphatic heterocycles. The zero-order valence-electron chi connectivity index (χ0n) is 11.8. The number of carbonyl (C=O) groups excluding carboxylic acids is 1. The van der Waals surface area contributed by atoms with Gasteiger partial charge in [0.05, 0.1) is 13.2 Å². The number of rotatable bonds is 6. The Bertz CT molecular complexity index is 494. The van der Waals surface area contributed by atoms with Crippen molar-refractivity contribution in [1.29, 1.82) is 0 Å². The molecule has 1 aromatic carbocycles. The van der Waals surface area contributed by atoms with Gasteiger partial charge in [-0.1, -0.05) is 18.2 Å². The van der Waals surface area contributed by atoms with Crippen molar-refractivity contribution in [1.82, 2.24) is 0 Å². The summed E-state index contributed by atoms with van der Waals surface area (Å²) in [7, 11) is 1.60. The van der Waals surface area contributed by atoms with Crippen LogP contribution < -0.4 is 4.74 Å². The van der Waals surface area contributed by atoms with Crippen molar-refractivity contribution in [2.75, 3.05) is 7.11 Å². The molecule has 0 radical (unpaired) electrons. The highest BCUT2D eigenvalue weighted by molar-refractivity contribution is 5.82. The number of cyclic esters (lactones) is 1. The fraction of sp³-hybridized carbons (Fsp3) is 0.438. The number of allylic oxidation sites excluding steroid dienone is 1. The minimum Gasteiger partial charge on any atom is -0.497 e. The Kier molecular flexibility index (Phi) is 4.14. The first kappa shape index (κ1) is 14.6. The Morgan fingerprint density at radius 2 is 2.15 bits per heavy atom. The molecule has 20 heavy (non-hydrogen) atoms. The molecule has 0 amide bonds. The second-order valence-electron chi connectivity index (χ2n) is 5.33. The van der Waals surface area contributed by atoms with Gasteiger partial charge in [0.2, 0.25) is 0 Å². The molecule has 1 aromatic rings. The average molecular weight is 276 g/mol. The fourth-order valence-electron chi connectivity index (χ4n) is 2.46. The number of benzene rings is 1. The maximum atomic E-state index is 11.6. The highest BCUT2D eigenvalue weighted by Gasteiger charge is 2.53. The third-order valence-electron chi connectivity index (χ3n) is 3.93. The van der Waals surface area contributed by atoms with Crippen molar-refractivity contribution < 1.29 is 19.4 Å². The van der Waals surface area contributed by atoms with Gasteiger partial charge < -0.3 is 14.6 Å². The fourth-order valence-corrected chi connectivity index (χ4v) is 2.46. The molecule has 4 nitrogen and oxygen atoms in total. The van der Waals surface area contributed by atoms with E-state index in [1.807, 2.05) is 19.1 Å². The number of aliphatic hydroxyl groups excluding tert-OH is 1. The molecule has 1 N–H and O–H groups in total. The summed E-state index contributed by atoms with van der Waals surface area (Å²) in [5.74, 6) is 0.525. The van der Waals surface area contributed by atoms with Crippen LogP contribution in [0.15, 0.2) is 36.9 Å². The Morgan fingerprint density at radius 1 is 1.50 bits per heavy atom. The highest BCUT2D eigenvalue weighted by atomic mass is 16.6. The van der Waals surface area contributed by atoms with Gasteiger partial charge >= 0.3 is 5.97 Å². The van der Waals surface area contributed by atoms with Crippen LogP contribution in [0.5, 0.6) is 5.75 Å². The summed E-state index contributed by atoms with van der Waals surface area (Å²) in [5, 5.41) is 10.2. The Morgan fingerprint density at radius 3 is 2.65 bits per heavy atom. The van der Waals surface area contributed by atoms with Gasteiger partial charge in [0.1, 0.15) is 17.3 Å². The maximum absolute atomic E-state index is 11.6. The van der Waals surface area contributed by atoms with Crippen molar-refractivity contribution >= 4 is 5.97 Å². The number of esters is 1. The third-order valence-corrected chi connectivity index (χ3v) is 3.93. The van der Waals surface area contributed by atoms with E-state index >= 15 is 0 Å². The van der Waals surface area contributed by atoms with Gasteiger partial charge in [0.15, 0.2) is 0 Å². The van der Waals surface area contributed by atoms with Crippen LogP contribution in [0, 0.1) is 5.41 Å². The van der Waals surface area contributed by atoms with Crippen LogP contribution in [0.4, 0.5) is 0 Å². The molecular formula is C16H20O4. The monoisotopic (exact) mass is 276 g/mol. The number of hydrogen-bond acceptors (Lipinski definition) is 4. The van der Waals surface area contributed by atoms with Gasteiger partial charge in [-0.15, -0.1) is 6.58 Å². The summed E-state index contributed by atoms with van der Waals surface area (Å²) in [4.78, 5) is 11.6. The normalized spacial score (nSPS) is 26.4. The predicted molar refractivity (Wildman–Crippen MR) is 75.4 cm³/mol. The van der Waals surface area contributed by atoms with Crippen LogP contribution in [0.25, 0.3) is 0 Å². The smallest absolute Gasteiger partial charge is 0.316 e. The Balaban J connectivity index is 2.02. The minimum atomic E-state index is -0.664. The average Bonchev–Trinajstić information content (AvgIpc) is 2.47. The summed E-state index contributed by atoms with van der Waals surface area (Å²) in [6.07, 6.45) is 1.73. The largest absolute Gasteiger partial charge is 0.497 e.